The number of hydrogen-bond acceptors (Lipinski definition) is 7. The minimum atomic E-state index is -4.62. The number of carbonyl (C=O) groups is 1. The summed E-state index contributed by atoms with van der Waals surface area (Å²) < 4.78 is 55.2. The van der Waals surface area contributed by atoms with E-state index in [1.807, 2.05) is 0 Å². The van der Waals surface area contributed by atoms with Crippen molar-refractivity contribution in [3.8, 4) is 11.5 Å². The topological polar surface area (TPSA) is 74.5 Å². The number of alkyl halides is 3. The van der Waals surface area contributed by atoms with Crippen LogP contribution in [0.4, 0.5) is 13.2 Å². The fourth-order valence-corrected chi connectivity index (χ4v) is 3.75. The van der Waals surface area contributed by atoms with Crippen LogP contribution < -0.4 is 0 Å². The molecule has 0 spiro atoms. The Kier molecular flexibility index (Phi) is 4.05. The van der Waals surface area contributed by atoms with E-state index in [9.17, 15) is 18.0 Å². The number of ether oxygens (including phenoxy) is 2. The summed E-state index contributed by atoms with van der Waals surface area (Å²) in [5.74, 6) is -0.0283. The van der Waals surface area contributed by atoms with E-state index in [0.717, 1.165) is 17.8 Å². The third-order valence-corrected chi connectivity index (χ3v) is 4.98. The van der Waals surface area contributed by atoms with Crippen molar-refractivity contribution in [1.82, 2.24) is 9.97 Å². The van der Waals surface area contributed by atoms with Crippen LogP contribution in [0, 0.1) is 0 Å². The maximum absolute atomic E-state index is 13.2. The van der Waals surface area contributed by atoms with E-state index in [0.29, 0.717) is 0 Å². The highest BCUT2D eigenvalue weighted by molar-refractivity contribution is 7.99. The first-order chi connectivity index (χ1) is 11.9. The molecule has 0 amide bonds. The number of ketones is 1. The van der Waals surface area contributed by atoms with E-state index in [4.69, 9.17) is 13.9 Å². The number of fused-ring (bicyclic) bond motifs is 2. The van der Waals surface area contributed by atoms with E-state index in [-0.39, 0.29) is 41.5 Å². The van der Waals surface area contributed by atoms with Crippen molar-refractivity contribution < 1.29 is 31.9 Å². The standard InChI is InChI=1S/C15H11F3N2O4S/c16-15(17,18)12-4-7(9-2-1-3-22-9)19-14(20-12)25-11-5-8(21)13-23-6-10(11)24-13/h1-4,10-11,13H,5-6H2/t10-,11+,13-/m0/s1. The number of halogens is 3. The lowest BCUT2D eigenvalue weighted by Crippen LogP contribution is -2.37. The molecule has 132 valence electrons. The van der Waals surface area contributed by atoms with Crippen molar-refractivity contribution in [1.29, 1.82) is 0 Å². The number of carbonyl (C=O) groups excluding carboxylic acids is 1. The zero-order chi connectivity index (χ0) is 17.6. The van der Waals surface area contributed by atoms with Crippen molar-refractivity contribution in [2.75, 3.05) is 6.61 Å². The SMILES string of the molecule is O=C1C[C@@H](Sc2nc(-c3ccco3)cc(C(F)(F)F)n2)[C@@H]2CO[C@H]1O2. The highest BCUT2D eigenvalue weighted by atomic mass is 32.2. The highest BCUT2D eigenvalue weighted by Gasteiger charge is 2.44. The van der Waals surface area contributed by atoms with E-state index >= 15 is 0 Å². The van der Waals surface area contributed by atoms with Gasteiger partial charge >= 0.3 is 6.18 Å². The van der Waals surface area contributed by atoms with Gasteiger partial charge in [0.1, 0.15) is 11.4 Å². The first-order valence-electron chi connectivity index (χ1n) is 7.37. The van der Waals surface area contributed by atoms with Crippen LogP contribution in [0.3, 0.4) is 0 Å². The lowest BCUT2D eigenvalue weighted by Gasteiger charge is -2.25. The van der Waals surface area contributed by atoms with Crippen LogP contribution in [0.25, 0.3) is 11.5 Å². The van der Waals surface area contributed by atoms with Gasteiger partial charge in [0.05, 0.1) is 19.0 Å². The normalized spacial score (nSPS) is 26.2. The predicted octanol–water partition coefficient (Wildman–Crippen LogP) is 2.93. The molecule has 0 aromatic carbocycles. The average molecular weight is 372 g/mol. The molecule has 0 radical (unpaired) electrons. The molecule has 0 saturated carbocycles. The predicted molar refractivity (Wildman–Crippen MR) is 78.6 cm³/mol. The fraction of sp³-hybridized carbons (Fsp3) is 0.400. The molecule has 2 bridgehead atoms. The summed E-state index contributed by atoms with van der Waals surface area (Å²) in [5, 5.41) is -0.493. The van der Waals surface area contributed by atoms with Gasteiger partial charge in [-0.3, -0.25) is 4.79 Å². The molecule has 0 N–H and O–H groups in total. The quantitative estimate of drug-likeness (QED) is 0.767. The largest absolute Gasteiger partial charge is 0.463 e. The number of Topliss-reactive ketones (excluding diaryl/α,β-unsaturated/α-hetero) is 1. The minimum Gasteiger partial charge on any atom is -0.463 e. The van der Waals surface area contributed by atoms with Gasteiger partial charge in [-0.2, -0.15) is 13.2 Å². The third kappa shape index (κ3) is 3.29. The lowest BCUT2D eigenvalue weighted by molar-refractivity contribution is -0.151. The second-order valence-electron chi connectivity index (χ2n) is 5.56. The summed E-state index contributed by atoms with van der Waals surface area (Å²) in [6, 6.07) is 3.90. The molecule has 25 heavy (non-hydrogen) atoms. The number of furan rings is 1. The number of rotatable bonds is 3. The summed E-state index contributed by atoms with van der Waals surface area (Å²) in [7, 11) is 0. The average Bonchev–Trinajstić information content (AvgIpc) is 3.23. The summed E-state index contributed by atoms with van der Waals surface area (Å²) in [4.78, 5) is 19.6. The van der Waals surface area contributed by atoms with Crippen LogP contribution in [0.2, 0.25) is 0 Å². The van der Waals surface area contributed by atoms with Gasteiger partial charge in [-0.15, -0.1) is 0 Å². The van der Waals surface area contributed by atoms with Crippen LogP contribution in [0.15, 0.2) is 34.0 Å². The Bertz CT molecular complexity index is 797. The molecule has 0 aliphatic carbocycles. The Balaban J connectivity index is 1.66. The molecule has 6 nitrogen and oxygen atoms in total. The molecular formula is C15H11F3N2O4S. The Morgan fingerprint density at radius 2 is 2.12 bits per heavy atom. The monoisotopic (exact) mass is 372 g/mol. The van der Waals surface area contributed by atoms with Gasteiger partial charge in [0, 0.05) is 11.7 Å². The molecular weight excluding hydrogens is 361 g/mol. The molecule has 4 heterocycles. The van der Waals surface area contributed by atoms with Crippen LogP contribution in [-0.4, -0.2) is 40.0 Å². The molecule has 2 saturated heterocycles. The zero-order valence-electron chi connectivity index (χ0n) is 12.5. The molecule has 0 unspecified atom stereocenters. The smallest absolute Gasteiger partial charge is 0.433 e. The van der Waals surface area contributed by atoms with Crippen molar-refractivity contribution >= 4 is 17.5 Å². The zero-order valence-corrected chi connectivity index (χ0v) is 13.3. The molecule has 2 aliphatic heterocycles. The maximum Gasteiger partial charge on any atom is 0.433 e. The van der Waals surface area contributed by atoms with Crippen molar-refractivity contribution in [2.24, 2.45) is 0 Å². The van der Waals surface area contributed by atoms with Gasteiger partial charge in [0.15, 0.2) is 16.7 Å². The van der Waals surface area contributed by atoms with Crippen LogP contribution in [-0.2, 0) is 20.4 Å². The Morgan fingerprint density at radius 1 is 1.28 bits per heavy atom. The van der Waals surface area contributed by atoms with Crippen molar-refractivity contribution in [2.45, 2.75) is 35.4 Å². The Morgan fingerprint density at radius 3 is 2.84 bits per heavy atom. The van der Waals surface area contributed by atoms with Crippen LogP contribution in [0.5, 0.6) is 0 Å². The van der Waals surface area contributed by atoms with E-state index < -0.39 is 23.4 Å². The minimum absolute atomic E-state index is 0.0263. The molecule has 2 fully saturated rings. The fourth-order valence-electron chi connectivity index (χ4n) is 2.64. The second kappa shape index (κ2) is 6.11. The second-order valence-corrected chi connectivity index (χ2v) is 6.77. The number of hydrogen-bond donors (Lipinski definition) is 0. The maximum atomic E-state index is 13.2. The number of nitrogens with zero attached hydrogens (tertiary/aromatic N) is 2. The van der Waals surface area contributed by atoms with Crippen molar-refractivity contribution in [3.05, 3.63) is 30.2 Å². The molecule has 2 aromatic heterocycles. The molecule has 10 heteroatoms. The molecule has 4 rings (SSSR count). The number of thioether (sulfide) groups is 1. The van der Waals surface area contributed by atoms with Gasteiger partial charge in [-0.25, -0.2) is 9.97 Å². The molecule has 3 atom stereocenters. The first-order valence-corrected chi connectivity index (χ1v) is 8.25. The highest BCUT2D eigenvalue weighted by Crippen LogP contribution is 2.37. The third-order valence-electron chi connectivity index (χ3n) is 3.82. The van der Waals surface area contributed by atoms with Crippen molar-refractivity contribution in [3.63, 3.8) is 0 Å². The van der Waals surface area contributed by atoms with Gasteiger partial charge in [-0.1, -0.05) is 11.8 Å². The van der Waals surface area contributed by atoms with Crippen LogP contribution >= 0.6 is 11.8 Å². The van der Waals surface area contributed by atoms with Gasteiger partial charge in [0.2, 0.25) is 6.29 Å². The van der Waals surface area contributed by atoms with E-state index in [1.165, 1.54) is 12.3 Å². The first kappa shape index (κ1) is 16.6. The lowest BCUT2D eigenvalue weighted by atomic mass is 10.1. The Hall–Kier alpha value is -1.91. The molecule has 2 aromatic rings. The summed E-state index contributed by atoms with van der Waals surface area (Å²) in [6.45, 7) is 0.220. The van der Waals surface area contributed by atoms with E-state index in [2.05, 4.69) is 9.97 Å². The molecule has 2 aliphatic rings. The Labute approximate surface area is 143 Å². The number of aromatic nitrogens is 2. The summed E-state index contributed by atoms with van der Waals surface area (Å²) >= 11 is 0.980. The summed E-state index contributed by atoms with van der Waals surface area (Å²) in [5.41, 5.74) is -1.04. The van der Waals surface area contributed by atoms with E-state index in [1.54, 1.807) is 6.07 Å². The van der Waals surface area contributed by atoms with Gasteiger partial charge in [-0.05, 0) is 18.2 Å². The summed E-state index contributed by atoms with van der Waals surface area (Å²) in [6.07, 6.45) is -4.38. The van der Waals surface area contributed by atoms with Crippen LogP contribution in [0.1, 0.15) is 12.1 Å². The van der Waals surface area contributed by atoms with Gasteiger partial charge in [0.25, 0.3) is 0 Å². The van der Waals surface area contributed by atoms with Gasteiger partial charge < -0.3 is 13.9 Å².